The summed E-state index contributed by atoms with van der Waals surface area (Å²) in [5.41, 5.74) is -1.98. The van der Waals surface area contributed by atoms with Gasteiger partial charge in [-0.05, 0) is 47.6 Å². The van der Waals surface area contributed by atoms with E-state index in [1.165, 1.54) is 33.8 Å². The van der Waals surface area contributed by atoms with Gasteiger partial charge in [0.2, 0.25) is 0 Å². The number of carbonyl (C=O) groups excluding carboxylic acids is 5. The Morgan fingerprint density at radius 1 is 0.812 bits per heavy atom. The van der Waals surface area contributed by atoms with Crippen LogP contribution in [0.25, 0.3) is 6.08 Å². The maximum absolute atomic E-state index is 13.1. The van der Waals surface area contributed by atoms with Crippen molar-refractivity contribution in [3.63, 3.8) is 0 Å². The van der Waals surface area contributed by atoms with Crippen LogP contribution in [0.1, 0.15) is 80.2 Å². The van der Waals surface area contributed by atoms with E-state index in [2.05, 4.69) is 6.58 Å². The topological polar surface area (TPSA) is 152 Å². The average Bonchev–Trinajstić information content (AvgIpc) is 2.97. The summed E-state index contributed by atoms with van der Waals surface area (Å²) in [5.74, 6) is -4.10. The monoisotopic (exact) mass is 666 g/mol. The summed E-state index contributed by atoms with van der Waals surface area (Å²) in [6.07, 6.45) is -2.69. The van der Waals surface area contributed by atoms with Crippen molar-refractivity contribution in [3.05, 3.63) is 65.3 Å². The molecule has 0 spiro atoms. The molecule has 2 saturated carbocycles. The van der Waals surface area contributed by atoms with Gasteiger partial charge in [0, 0.05) is 52.0 Å². The second kappa shape index (κ2) is 13.7. The molecule has 11 nitrogen and oxygen atoms in total. The number of esters is 5. The number of hydrogen-bond donors (Lipinski definition) is 1. The van der Waals surface area contributed by atoms with Crippen LogP contribution in [0.4, 0.5) is 0 Å². The van der Waals surface area contributed by atoms with Gasteiger partial charge in [-0.25, -0.2) is 4.79 Å². The Morgan fingerprint density at radius 2 is 1.40 bits per heavy atom. The van der Waals surface area contributed by atoms with E-state index in [0.717, 1.165) is 5.56 Å². The van der Waals surface area contributed by atoms with E-state index >= 15 is 0 Å². The SMILES string of the molecule is C=C1[C@H]2C[C@]3(O)C[C@H](OC(C)=O)C(C)=C([C@@H](OC(C)=O)[C@H](OC(C)=O)[C@]2(C)[C@@H](OC(C)=O)C[C@H]1OC(=O)/C=C\c1ccccc1)C3(C)C. The lowest BCUT2D eigenvalue weighted by molar-refractivity contribution is -0.224. The predicted molar refractivity (Wildman–Crippen MR) is 174 cm³/mol. The minimum Gasteiger partial charge on any atom is -0.462 e. The Labute approximate surface area is 281 Å². The fourth-order valence-electron chi connectivity index (χ4n) is 7.95. The fraction of sp³-hybridized carbons (Fsp3) is 0.541. The maximum atomic E-state index is 13.1. The zero-order chi connectivity index (χ0) is 35.8. The number of ether oxygens (including phenoxy) is 5. The average molecular weight is 667 g/mol. The molecule has 2 bridgehead atoms. The molecule has 0 aromatic heterocycles. The molecule has 1 aromatic rings. The van der Waals surface area contributed by atoms with Gasteiger partial charge in [-0.15, -0.1) is 0 Å². The quantitative estimate of drug-likeness (QED) is 0.185. The Hall–Kier alpha value is -4.25. The molecule has 3 aliphatic rings. The van der Waals surface area contributed by atoms with Crippen molar-refractivity contribution in [2.45, 2.75) is 111 Å². The lowest BCUT2D eigenvalue weighted by atomic mass is 9.48. The molecule has 4 rings (SSSR count). The van der Waals surface area contributed by atoms with Crippen LogP contribution in [0.2, 0.25) is 0 Å². The summed E-state index contributed by atoms with van der Waals surface area (Å²) in [5, 5.41) is 12.7. The van der Waals surface area contributed by atoms with Crippen LogP contribution in [0, 0.1) is 16.7 Å². The van der Waals surface area contributed by atoms with Crippen LogP contribution in [-0.4, -0.2) is 71.1 Å². The van der Waals surface area contributed by atoms with Gasteiger partial charge in [-0.3, -0.25) is 19.2 Å². The van der Waals surface area contributed by atoms with E-state index < -0.39 is 82.7 Å². The van der Waals surface area contributed by atoms with Crippen molar-refractivity contribution in [2.24, 2.45) is 16.7 Å². The molecule has 8 atom stereocenters. The van der Waals surface area contributed by atoms with Crippen molar-refractivity contribution in [2.75, 3.05) is 0 Å². The highest BCUT2D eigenvalue weighted by molar-refractivity contribution is 5.87. The van der Waals surface area contributed by atoms with Crippen LogP contribution >= 0.6 is 0 Å². The summed E-state index contributed by atoms with van der Waals surface area (Å²) in [6.45, 7) is 16.3. The first-order chi connectivity index (χ1) is 22.3. The number of aliphatic hydroxyl groups is 1. The summed E-state index contributed by atoms with van der Waals surface area (Å²) >= 11 is 0. The standard InChI is InChI=1S/C37H46O11/c1-20-27-18-37(43)19-29(44-22(3)38)21(2)32(35(37,7)8)33(46-24(5)40)34(47-25(6)41)36(27,9)30(45-23(4)39)17-28(20)48-31(42)16-15-26-13-11-10-12-14-26/h10-16,27-30,33-34,43H,1,17-19H2,2-9H3/b16-15-/t27-,28-,29+,30+,33-,34+,36+,37+/m1/s1. The van der Waals surface area contributed by atoms with Crippen molar-refractivity contribution in [3.8, 4) is 0 Å². The largest absolute Gasteiger partial charge is 0.462 e. The molecule has 11 heteroatoms. The normalized spacial score (nSPS) is 32.6. The first kappa shape index (κ1) is 36.6. The van der Waals surface area contributed by atoms with Crippen LogP contribution in [0.5, 0.6) is 0 Å². The van der Waals surface area contributed by atoms with E-state index in [1.54, 1.807) is 33.8 Å². The first-order valence-corrected chi connectivity index (χ1v) is 16.1. The lowest BCUT2D eigenvalue weighted by Crippen LogP contribution is -2.68. The molecule has 260 valence electrons. The minimum absolute atomic E-state index is 0.0116. The Balaban J connectivity index is 1.93. The van der Waals surface area contributed by atoms with E-state index in [1.807, 2.05) is 30.3 Å². The number of benzene rings is 1. The summed E-state index contributed by atoms with van der Waals surface area (Å²) in [7, 11) is 0. The highest BCUT2D eigenvalue weighted by Crippen LogP contribution is 2.62. The molecule has 0 heterocycles. The Bertz CT molecular complexity index is 1540. The van der Waals surface area contributed by atoms with Gasteiger partial charge in [0.15, 0.2) is 12.2 Å². The first-order valence-electron chi connectivity index (χ1n) is 16.1. The van der Waals surface area contributed by atoms with E-state index in [-0.39, 0.29) is 19.3 Å². The molecular weight excluding hydrogens is 620 g/mol. The van der Waals surface area contributed by atoms with Gasteiger partial charge in [0.25, 0.3) is 0 Å². The van der Waals surface area contributed by atoms with Crippen LogP contribution < -0.4 is 0 Å². The van der Waals surface area contributed by atoms with E-state index in [4.69, 9.17) is 23.7 Å². The third-order valence-electron chi connectivity index (χ3n) is 10.4. The van der Waals surface area contributed by atoms with Crippen LogP contribution in [-0.2, 0) is 47.7 Å². The molecule has 3 aliphatic carbocycles. The second-order valence-corrected chi connectivity index (χ2v) is 13.8. The third-order valence-corrected chi connectivity index (χ3v) is 10.4. The van der Waals surface area contributed by atoms with Gasteiger partial charge >= 0.3 is 29.8 Å². The molecule has 1 N–H and O–H groups in total. The van der Waals surface area contributed by atoms with Crippen LogP contribution in [0.15, 0.2) is 59.7 Å². The highest BCUT2D eigenvalue weighted by Gasteiger charge is 2.67. The molecule has 0 amide bonds. The number of rotatable bonds is 7. The smallest absolute Gasteiger partial charge is 0.331 e. The van der Waals surface area contributed by atoms with E-state index in [0.29, 0.717) is 16.7 Å². The zero-order valence-electron chi connectivity index (χ0n) is 28.9. The van der Waals surface area contributed by atoms with Crippen molar-refractivity contribution in [1.82, 2.24) is 0 Å². The number of hydrogen-bond acceptors (Lipinski definition) is 11. The van der Waals surface area contributed by atoms with Gasteiger partial charge in [0.1, 0.15) is 18.3 Å². The molecule has 0 radical (unpaired) electrons. The third kappa shape index (κ3) is 6.97. The summed E-state index contributed by atoms with van der Waals surface area (Å²) in [6, 6.07) is 9.18. The number of carbonyl (C=O) groups is 5. The van der Waals surface area contributed by atoms with Gasteiger partial charge in [0.05, 0.1) is 11.0 Å². The van der Waals surface area contributed by atoms with E-state index in [9.17, 15) is 29.1 Å². The Morgan fingerprint density at radius 3 is 1.96 bits per heavy atom. The van der Waals surface area contributed by atoms with Gasteiger partial charge < -0.3 is 28.8 Å². The molecule has 0 aliphatic heterocycles. The maximum Gasteiger partial charge on any atom is 0.331 e. The minimum atomic E-state index is -1.63. The van der Waals surface area contributed by atoms with Crippen molar-refractivity contribution < 1.29 is 52.8 Å². The fourth-order valence-corrected chi connectivity index (χ4v) is 7.95. The molecule has 48 heavy (non-hydrogen) atoms. The molecule has 1 aromatic carbocycles. The molecule has 0 unspecified atom stereocenters. The van der Waals surface area contributed by atoms with Gasteiger partial charge in [-0.1, -0.05) is 57.7 Å². The summed E-state index contributed by atoms with van der Waals surface area (Å²) < 4.78 is 29.6. The number of fused-ring (bicyclic) bond motifs is 3. The Kier molecular flexibility index (Phi) is 10.4. The lowest BCUT2D eigenvalue weighted by Gasteiger charge is -2.61. The predicted octanol–water partition coefficient (Wildman–Crippen LogP) is 4.80. The van der Waals surface area contributed by atoms with Crippen molar-refractivity contribution in [1.29, 1.82) is 0 Å². The molecular formula is C37H46O11. The second-order valence-electron chi connectivity index (χ2n) is 13.8. The highest BCUT2D eigenvalue weighted by atomic mass is 16.6. The molecule has 0 saturated heterocycles. The van der Waals surface area contributed by atoms with Crippen molar-refractivity contribution >= 4 is 35.9 Å². The van der Waals surface area contributed by atoms with Gasteiger partial charge in [-0.2, -0.15) is 0 Å². The zero-order valence-corrected chi connectivity index (χ0v) is 28.9. The molecule has 2 fully saturated rings. The summed E-state index contributed by atoms with van der Waals surface area (Å²) in [4.78, 5) is 63.6. The van der Waals surface area contributed by atoms with Crippen LogP contribution in [0.3, 0.4) is 0 Å².